The van der Waals surface area contributed by atoms with Crippen molar-refractivity contribution in [3.8, 4) is 11.5 Å². The lowest BCUT2D eigenvalue weighted by Crippen LogP contribution is -3.11. The topological polar surface area (TPSA) is 52.0 Å². The van der Waals surface area contributed by atoms with E-state index in [-0.39, 0.29) is 11.9 Å². The van der Waals surface area contributed by atoms with E-state index in [1.165, 1.54) is 4.90 Å². The van der Waals surface area contributed by atoms with Gasteiger partial charge in [0.15, 0.2) is 6.54 Å². The van der Waals surface area contributed by atoms with Crippen molar-refractivity contribution in [2.75, 3.05) is 27.3 Å². The number of nitrogens with one attached hydrogen (secondary N) is 2. The molecule has 1 aliphatic heterocycles. The summed E-state index contributed by atoms with van der Waals surface area (Å²) in [5.74, 6) is 1.76. The highest BCUT2D eigenvalue weighted by Gasteiger charge is 2.33. The molecular weight excluding hydrogens is 328 g/mol. The van der Waals surface area contributed by atoms with Crippen molar-refractivity contribution >= 4 is 5.91 Å². The molecule has 1 fully saturated rings. The van der Waals surface area contributed by atoms with Crippen LogP contribution in [0.1, 0.15) is 30.0 Å². The van der Waals surface area contributed by atoms with Crippen LogP contribution in [0.15, 0.2) is 48.5 Å². The molecule has 0 spiro atoms. The molecule has 0 aromatic heterocycles. The number of methoxy groups -OCH3 is 2. The summed E-state index contributed by atoms with van der Waals surface area (Å²) in [6.07, 6.45) is 2.15. The fraction of sp³-hybridized carbons (Fsp3) is 0.381. The van der Waals surface area contributed by atoms with Crippen LogP contribution in [0.4, 0.5) is 0 Å². The first-order valence-electron chi connectivity index (χ1n) is 9.08. The molecule has 5 nitrogen and oxygen atoms in total. The largest absolute Gasteiger partial charge is 0.497 e. The number of amides is 1. The maximum atomic E-state index is 12.4. The van der Waals surface area contributed by atoms with Gasteiger partial charge in [0.1, 0.15) is 17.5 Å². The summed E-state index contributed by atoms with van der Waals surface area (Å²) >= 11 is 0. The van der Waals surface area contributed by atoms with Gasteiger partial charge < -0.3 is 19.7 Å². The highest BCUT2D eigenvalue weighted by Crippen LogP contribution is 2.31. The number of likely N-dealkylation sites (tertiary alicyclic amines) is 1. The lowest BCUT2D eigenvalue weighted by Gasteiger charge is -2.23. The molecule has 2 atom stereocenters. The SMILES string of the molecule is COc1ccc(OC)c([C@@H]2CCC[NH+]2CC(=O)NCc2ccccc2)c1. The molecule has 3 rings (SSSR count). The van der Waals surface area contributed by atoms with Crippen molar-refractivity contribution in [2.45, 2.75) is 25.4 Å². The Morgan fingerprint density at radius 2 is 1.96 bits per heavy atom. The van der Waals surface area contributed by atoms with Gasteiger partial charge in [0.25, 0.3) is 5.91 Å². The Labute approximate surface area is 154 Å². The monoisotopic (exact) mass is 355 g/mol. The van der Waals surface area contributed by atoms with Gasteiger partial charge in [-0.05, 0) is 23.8 Å². The normalized spacial score (nSPS) is 19.2. The molecule has 1 heterocycles. The molecule has 0 bridgehead atoms. The molecule has 1 amide bonds. The highest BCUT2D eigenvalue weighted by atomic mass is 16.5. The molecule has 0 radical (unpaired) electrons. The van der Waals surface area contributed by atoms with Crippen LogP contribution < -0.4 is 19.7 Å². The van der Waals surface area contributed by atoms with Crippen LogP contribution in [0.2, 0.25) is 0 Å². The molecule has 1 unspecified atom stereocenters. The van der Waals surface area contributed by atoms with Crippen molar-refractivity contribution in [1.82, 2.24) is 5.32 Å². The van der Waals surface area contributed by atoms with E-state index in [0.29, 0.717) is 13.1 Å². The third-order valence-electron chi connectivity index (χ3n) is 5.02. The summed E-state index contributed by atoms with van der Waals surface area (Å²) in [5, 5.41) is 3.03. The lowest BCUT2D eigenvalue weighted by molar-refractivity contribution is -0.910. The van der Waals surface area contributed by atoms with Crippen molar-refractivity contribution in [1.29, 1.82) is 0 Å². The Balaban J connectivity index is 1.65. The number of hydrogen-bond donors (Lipinski definition) is 2. The van der Waals surface area contributed by atoms with Gasteiger partial charge >= 0.3 is 0 Å². The fourth-order valence-electron chi connectivity index (χ4n) is 3.68. The number of ether oxygens (including phenoxy) is 2. The Hall–Kier alpha value is -2.53. The number of carbonyl (C=O) groups is 1. The number of hydrogen-bond acceptors (Lipinski definition) is 3. The zero-order valence-corrected chi connectivity index (χ0v) is 15.5. The van der Waals surface area contributed by atoms with E-state index >= 15 is 0 Å². The van der Waals surface area contributed by atoms with E-state index in [0.717, 1.165) is 42.0 Å². The van der Waals surface area contributed by atoms with Crippen LogP contribution in [0.3, 0.4) is 0 Å². The average molecular weight is 355 g/mol. The average Bonchev–Trinajstić information content (AvgIpc) is 3.14. The van der Waals surface area contributed by atoms with Gasteiger partial charge in [0, 0.05) is 19.4 Å². The molecule has 138 valence electrons. The van der Waals surface area contributed by atoms with E-state index in [9.17, 15) is 4.79 Å². The number of carbonyl (C=O) groups excluding carboxylic acids is 1. The predicted molar refractivity (Wildman–Crippen MR) is 101 cm³/mol. The minimum atomic E-state index is 0.0811. The van der Waals surface area contributed by atoms with Crippen molar-refractivity contribution in [3.63, 3.8) is 0 Å². The molecule has 2 aromatic carbocycles. The zero-order chi connectivity index (χ0) is 18.4. The van der Waals surface area contributed by atoms with Crippen LogP contribution in [-0.4, -0.2) is 33.2 Å². The number of quaternary nitrogens is 1. The maximum Gasteiger partial charge on any atom is 0.275 e. The van der Waals surface area contributed by atoms with Crippen LogP contribution in [0, 0.1) is 0 Å². The molecular formula is C21H27N2O3+. The minimum Gasteiger partial charge on any atom is -0.497 e. The number of benzene rings is 2. The molecule has 1 saturated heterocycles. The second-order valence-corrected chi connectivity index (χ2v) is 6.65. The first-order valence-corrected chi connectivity index (χ1v) is 9.08. The number of rotatable bonds is 7. The molecule has 0 aliphatic carbocycles. The summed E-state index contributed by atoms with van der Waals surface area (Å²) in [4.78, 5) is 13.7. The molecule has 2 N–H and O–H groups in total. The first kappa shape index (κ1) is 18.3. The summed E-state index contributed by atoms with van der Waals surface area (Å²) < 4.78 is 10.9. The summed E-state index contributed by atoms with van der Waals surface area (Å²) in [6, 6.07) is 16.1. The van der Waals surface area contributed by atoms with Gasteiger partial charge in [-0.3, -0.25) is 4.79 Å². The van der Waals surface area contributed by atoms with E-state index in [2.05, 4.69) is 5.32 Å². The Morgan fingerprint density at radius 3 is 2.69 bits per heavy atom. The van der Waals surface area contributed by atoms with Gasteiger partial charge in [-0.1, -0.05) is 30.3 Å². The summed E-state index contributed by atoms with van der Waals surface area (Å²) in [6.45, 7) is 2.03. The van der Waals surface area contributed by atoms with Crippen LogP contribution in [0.5, 0.6) is 11.5 Å². The molecule has 5 heteroatoms. The van der Waals surface area contributed by atoms with Gasteiger partial charge in [0.05, 0.1) is 26.3 Å². The Bertz CT molecular complexity index is 733. The Kier molecular flexibility index (Phi) is 6.12. The van der Waals surface area contributed by atoms with Gasteiger partial charge in [-0.25, -0.2) is 0 Å². The van der Waals surface area contributed by atoms with Crippen LogP contribution >= 0.6 is 0 Å². The minimum absolute atomic E-state index is 0.0811. The quantitative estimate of drug-likeness (QED) is 0.795. The highest BCUT2D eigenvalue weighted by molar-refractivity contribution is 5.76. The van der Waals surface area contributed by atoms with E-state index in [1.807, 2.05) is 48.5 Å². The second kappa shape index (κ2) is 8.72. The van der Waals surface area contributed by atoms with E-state index in [1.54, 1.807) is 14.2 Å². The molecule has 26 heavy (non-hydrogen) atoms. The molecule has 1 aliphatic rings. The van der Waals surface area contributed by atoms with E-state index in [4.69, 9.17) is 9.47 Å². The third kappa shape index (κ3) is 4.35. The smallest absolute Gasteiger partial charge is 0.275 e. The van der Waals surface area contributed by atoms with Crippen LogP contribution in [-0.2, 0) is 11.3 Å². The predicted octanol–water partition coefficient (Wildman–Crippen LogP) is 1.74. The second-order valence-electron chi connectivity index (χ2n) is 6.65. The van der Waals surface area contributed by atoms with Crippen molar-refractivity contribution in [2.24, 2.45) is 0 Å². The van der Waals surface area contributed by atoms with Gasteiger partial charge in [0.2, 0.25) is 0 Å². The first-order chi connectivity index (χ1) is 12.7. The zero-order valence-electron chi connectivity index (χ0n) is 15.5. The Morgan fingerprint density at radius 1 is 1.15 bits per heavy atom. The van der Waals surface area contributed by atoms with Crippen molar-refractivity contribution < 1.29 is 19.2 Å². The molecule has 0 saturated carbocycles. The van der Waals surface area contributed by atoms with Gasteiger partial charge in [-0.15, -0.1) is 0 Å². The summed E-state index contributed by atoms with van der Waals surface area (Å²) in [5.41, 5.74) is 2.23. The standard InChI is InChI=1S/C21H26N2O3/c1-25-17-10-11-20(26-2)18(13-17)19-9-6-12-23(19)15-21(24)22-14-16-7-4-3-5-8-16/h3-5,7-8,10-11,13,19H,6,9,12,14-15H2,1-2H3,(H,22,24)/p+1/t19-/m0/s1. The lowest BCUT2D eigenvalue weighted by atomic mass is 10.0. The van der Waals surface area contributed by atoms with Gasteiger partial charge in [-0.2, -0.15) is 0 Å². The van der Waals surface area contributed by atoms with Crippen LogP contribution in [0.25, 0.3) is 0 Å². The van der Waals surface area contributed by atoms with Crippen molar-refractivity contribution in [3.05, 3.63) is 59.7 Å². The third-order valence-corrected chi connectivity index (χ3v) is 5.02. The van der Waals surface area contributed by atoms with E-state index < -0.39 is 0 Å². The summed E-state index contributed by atoms with van der Waals surface area (Å²) in [7, 11) is 3.36. The fourth-order valence-corrected chi connectivity index (χ4v) is 3.68. The maximum absolute atomic E-state index is 12.4. The molecule has 2 aromatic rings.